The fourth-order valence-corrected chi connectivity index (χ4v) is 0.475. The van der Waals surface area contributed by atoms with Crippen LogP contribution in [0.25, 0.3) is 0 Å². The van der Waals surface area contributed by atoms with Crippen LogP contribution in [0.5, 0.6) is 0 Å². The molecule has 0 spiro atoms. The van der Waals surface area contributed by atoms with Crippen LogP contribution in [0.1, 0.15) is 0 Å². The van der Waals surface area contributed by atoms with Crippen molar-refractivity contribution in [3.05, 3.63) is 11.9 Å². The molecule has 0 saturated heterocycles. The van der Waals surface area contributed by atoms with Gasteiger partial charge in [-0.2, -0.15) is 0 Å². The smallest absolute Gasteiger partial charge is 0.279 e. The maximum absolute atomic E-state index is 12.6. The fraction of sp³-hybridized carbons (Fsp3) is 0.571. The molecule has 1 N–H and O–H groups in total. The molecule has 1 amide bonds. The quantitative estimate of drug-likeness (QED) is 0.596. The van der Waals surface area contributed by atoms with Crippen molar-refractivity contribution in [2.75, 3.05) is 27.7 Å². The Morgan fingerprint density at radius 2 is 2.18 bits per heavy atom. The third kappa shape index (κ3) is 4.50. The number of carbonyl (C=O) groups is 1. The molecule has 0 heterocycles. The van der Waals surface area contributed by atoms with Crippen molar-refractivity contribution < 1.29 is 9.18 Å². The van der Waals surface area contributed by atoms with Crippen LogP contribution in [0.2, 0.25) is 0 Å². The van der Waals surface area contributed by atoms with E-state index >= 15 is 0 Å². The van der Waals surface area contributed by atoms with Crippen molar-refractivity contribution in [1.82, 2.24) is 10.2 Å². The predicted octanol–water partition coefficient (Wildman–Crippen LogP) is 0.147. The first-order chi connectivity index (χ1) is 5.07. The Kier molecular flexibility index (Phi) is 4.45. The van der Waals surface area contributed by atoms with Crippen LogP contribution in [-0.2, 0) is 4.79 Å². The SMILES string of the molecule is CNC(=O)/C(F)=C\CN(C)C. The van der Waals surface area contributed by atoms with Crippen molar-refractivity contribution in [2.24, 2.45) is 0 Å². The Morgan fingerprint density at radius 3 is 2.55 bits per heavy atom. The van der Waals surface area contributed by atoms with E-state index in [1.165, 1.54) is 13.1 Å². The number of nitrogens with zero attached hydrogens (tertiary/aromatic N) is 1. The lowest BCUT2D eigenvalue weighted by atomic mass is 10.4. The first kappa shape index (κ1) is 10.1. The van der Waals surface area contributed by atoms with E-state index in [4.69, 9.17) is 0 Å². The molecule has 64 valence electrons. The number of likely N-dealkylation sites (N-methyl/N-ethyl adjacent to an activating group) is 2. The third-order valence-electron chi connectivity index (χ3n) is 1.08. The number of rotatable bonds is 3. The normalized spacial score (nSPS) is 11.9. The minimum atomic E-state index is -0.735. The van der Waals surface area contributed by atoms with Gasteiger partial charge in [-0.05, 0) is 20.2 Å². The van der Waals surface area contributed by atoms with Gasteiger partial charge in [0, 0.05) is 13.6 Å². The van der Waals surface area contributed by atoms with Crippen molar-refractivity contribution in [3.8, 4) is 0 Å². The maximum Gasteiger partial charge on any atom is 0.279 e. The lowest BCUT2D eigenvalue weighted by Crippen LogP contribution is -2.19. The lowest BCUT2D eigenvalue weighted by Gasteiger charge is -2.04. The van der Waals surface area contributed by atoms with E-state index in [1.54, 1.807) is 19.0 Å². The summed E-state index contributed by atoms with van der Waals surface area (Å²) in [4.78, 5) is 12.3. The van der Waals surface area contributed by atoms with Gasteiger partial charge in [0.2, 0.25) is 0 Å². The van der Waals surface area contributed by atoms with E-state index < -0.39 is 11.7 Å². The maximum atomic E-state index is 12.6. The molecule has 4 heteroatoms. The van der Waals surface area contributed by atoms with Gasteiger partial charge >= 0.3 is 0 Å². The molecule has 0 bridgehead atoms. The predicted molar refractivity (Wildman–Crippen MR) is 41.8 cm³/mol. The van der Waals surface area contributed by atoms with Gasteiger partial charge in [-0.3, -0.25) is 4.79 Å². The minimum Gasteiger partial charge on any atom is -0.353 e. The Bertz CT molecular complexity index is 166. The number of nitrogens with one attached hydrogen (secondary N) is 1. The Labute approximate surface area is 65.9 Å². The summed E-state index contributed by atoms with van der Waals surface area (Å²) in [7, 11) is 4.99. The van der Waals surface area contributed by atoms with Crippen LogP contribution in [0.15, 0.2) is 11.9 Å². The third-order valence-corrected chi connectivity index (χ3v) is 1.08. The van der Waals surface area contributed by atoms with Gasteiger partial charge in [-0.1, -0.05) is 0 Å². The molecule has 0 aliphatic rings. The van der Waals surface area contributed by atoms with Gasteiger partial charge < -0.3 is 10.2 Å². The second-order valence-corrected chi connectivity index (χ2v) is 2.39. The zero-order valence-electron chi connectivity index (χ0n) is 7.02. The standard InChI is InChI=1S/C7H13FN2O/c1-9-7(11)6(8)4-5-10(2)3/h4H,5H2,1-3H3,(H,9,11)/b6-4+. The van der Waals surface area contributed by atoms with Gasteiger partial charge in [0.15, 0.2) is 5.83 Å². The number of hydrogen-bond acceptors (Lipinski definition) is 2. The second-order valence-electron chi connectivity index (χ2n) is 2.39. The molecule has 0 rings (SSSR count). The summed E-state index contributed by atoms with van der Waals surface area (Å²) < 4.78 is 12.6. The van der Waals surface area contributed by atoms with Crippen LogP contribution in [0.4, 0.5) is 4.39 Å². The van der Waals surface area contributed by atoms with Crippen LogP contribution >= 0.6 is 0 Å². The van der Waals surface area contributed by atoms with Crippen LogP contribution in [0.3, 0.4) is 0 Å². The molecular weight excluding hydrogens is 147 g/mol. The minimum absolute atomic E-state index is 0.430. The number of halogens is 1. The summed E-state index contributed by atoms with van der Waals surface area (Å²) in [6, 6.07) is 0. The number of hydrogen-bond donors (Lipinski definition) is 1. The van der Waals surface area contributed by atoms with Gasteiger partial charge in [0.1, 0.15) is 0 Å². The van der Waals surface area contributed by atoms with E-state index in [0.29, 0.717) is 6.54 Å². The number of amides is 1. The monoisotopic (exact) mass is 160 g/mol. The average molecular weight is 160 g/mol. The molecular formula is C7H13FN2O. The molecule has 0 aliphatic carbocycles. The lowest BCUT2D eigenvalue weighted by molar-refractivity contribution is -0.118. The van der Waals surface area contributed by atoms with Gasteiger partial charge in [0.05, 0.1) is 0 Å². The highest BCUT2D eigenvalue weighted by molar-refractivity contribution is 5.90. The van der Waals surface area contributed by atoms with E-state index in [0.717, 1.165) is 0 Å². The Balaban J connectivity index is 3.90. The molecule has 0 radical (unpaired) electrons. The zero-order valence-corrected chi connectivity index (χ0v) is 7.02. The molecule has 0 aromatic rings. The van der Waals surface area contributed by atoms with Crippen molar-refractivity contribution in [2.45, 2.75) is 0 Å². The Hall–Kier alpha value is -0.900. The van der Waals surface area contributed by atoms with Crippen LogP contribution < -0.4 is 5.32 Å². The molecule has 0 atom stereocenters. The highest BCUT2D eigenvalue weighted by atomic mass is 19.1. The summed E-state index contributed by atoms with van der Waals surface area (Å²) in [5.41, 5.74) is 0. The largest absolute Gasteiger partial charge is 0.353 e. The molecule has 11 heavy (non-hydrogen) atoms. The highest BCUT2D eigenvalue weighted by Crippen LogP contribution is 1.94. The summed E-state index contributed by atoms with van der Waals surface area (Å²) in [5.74, 6) is -1.41. The van der Waals surface area contributed by atoms with E-state index in [-0.39, 0.29) is 0 Å². The molecule has 0 aliphatic heterocycles. The summed E-state index contributed by atoms with van der Waals surface area (Å²) >= 11 is 0. The summed E-state index contributed by atoms with van der Waals surface area (Å²) in [6.07, 6.45) is 1.23. The van der Waals surface area contributed by atoms with E-state index in [1.807, 2.05) is 0 Å². The van der Waals surface area contributed by atoms with Gasteiger partial charge in [-0.25, -0.2) is 4.39 Å². The van der Waals surface area contributed by atoms with Crippen LogP contribution in [-0.4, -0.2) is 38.5 Å². The first-order valence-corrected chi connectivity index (χ1v) is 3.30. The topological polar surface area (TPSA) is 32.3 Å². The van der Waals surface area contributed by atoms with Crippen molar-refractivity contribution in [1.29, 1.82) is 0 Å². The molecule has 0 fully saturated rings. The highest BCUT2D eigenvalue weighted by Gasteiger charge is 2.03. The van der Waals surface area contributed by atoms with Crippen molar-refractivity contribution >= 4 is 5.91 Å². The van der Waals surface area contributed by atoms with E-state index in [9.17, 15) is 9.18 Å². The van der Waals surface area contributed by atoms with Gasteiger partial charge in [-0.15, -0.1) is 0 Å². The Morgan fingerprint density at radius 1 is 1.64 bits per heavy atom. The fourth-order valence-electron chi connectivity index (χ4n) is 0.475. The molecule has 3 nitrogen and oxygen atoms in total. The number of carbonyl (C=O) groups excluding carboxylic acids is 1. The molecule has 0 aromatic carbocycles. The van der Waals surface area contributed by atoms with E-state index in [2.05, 4.69) is 5.32 Å². The molecule has 0 unspecified atom stereocenters. The van der Waals surface area contributed by atoms with Crippen molar-refractivity contribution in [3.63, 3.8) is 0 Å². The van der Waals surface area contributed by atoms with Crippen LogP contribution in [0, 0.1) is 0 Å². The summed E-state index contributed by atoms with van der Waals surface area (Å²) in [5, 5.41) is 2.19. The second kappa shape index (κ2) is 4.85. The van der Waals surface area contributed by atoms with Gasteiger partial charge in [0.25, 0.3) is 5.91 Å². The molecule has 0 saturated carbocycles. The molecule has 0 aromatic heterocycles. The first-order valence-electron chi connectivity index (χ1n) is 3.30. The average Bonchev–Trinajstić information content (AvgIpc) is 1.98. The summed E-state index contributed by atoms with van der Waals surface area (Å²) in [6.45, 7) is 0.430. The zero-order chi connectivity index (χ0) is 8.85.